The molecule has 0 amide bonds. The summed E-state index contributed by atoms with van der Waals surface area (Å²) >= 11 is 0. The fourth-order valence-corrected chi connectivity index (χ4v) is 8.28. The first-order chi connectivity index (χ1) is 33.5. The van der Waals surface area contributed by atoms with Crippen molar-refractivity contribution in [3.63, 3.8) is 0 Å². The van der Waals surface area contributed by atoms with Crippen molar-refractivity contribution in [3.05, 3.63) is 97.2 Å². The maximum Gasteiger partial charge on any atom is 0.472 e. The molecule has 8 N–H and O–H groups in total. The summed E-state index contributed by atoms with van der Waals surface area (Å²) in [7, 11) is -10.7. The SMILES string of the molecule is CCCCC/C=C\C/C=C\C/C=C\C/C=C\CCCCCC(=O)O[C@H](COC(=O)CCC/C=C\C/C=C\C/C=C\C/C=C\CC[C@@H](O)CC)COP(=O)(O)O[C@H]1C(O)C(O)C(O)[C@@H](OP(=O)(O)O)C1O. The van der Waals surface area contributed by atoms with E-state index < -0.39 is 83.5 Å². The molecule has 0 heterocycles. The maximum atomic E-state index is 13.0. The lowest BCUT2D eigenvalue weighted by atomic mass is 9.85. The number of allylic oxidation sites excluding steroid dienone is 16. The van der Waals surface area contributed by atoms with E-state index in [4.69, 9.17) is 18.5 Å². The quantitative estimate of drug-likeness (QED) is 0.0123. The minimum atomic E-state index is -5.38. The van der Waals surface area contributed by atoms with Crippen LogP contribution < -0.4 is 0 Å². The number of hydrogen-bond donors (Lipinski definition) is 8. The van der Waals surface area contributed by atoms with E-state index in [0.29, 0.717) is 25.7 Å². The van der Waals surface area contributed by atoms with Crippen LogP contribution in [0.2, 0.25) is 0 Å². The average molecular weight is 1030 g/mol. The van der Waals surface area contributed by atoms with Crippen LogP contribution >= 0.6 is 15.6 Å². The summed E-state index contributed by atoms with van der Waals surface area (Å²) in [5.41, 5.74) is 0. The molecular formula is C51H84O17P2. The minimum absolute atomic E-state index is 0.0178. The average Bonchev–Trinajstić information content (AvgIpc) is 3.32. The van der Waals surface area contributed by atoms with Gasteiger partial charge in [0.2, 0.25) is 0 Å². The smallest absolute Gasteiger partial charge is 0.462 e. The third kappa shape index (κ3) is 34.3. The van der Waals surface area contributed by atoms with Crippen LogP contribution in [0.3, 0.4) is 0 Å². The molecule has 70 heavy (non-hydrogen) atoms. The van der Waals surface area contributed by atoms with E-state index in [9.17, 15) is 58.9 Å². The van der Waals surface area contributed by atoms with E-state index in [1.165, 1.54) is 19.3 Å². The summed E-state index contributed by atoms with van der Waals surface area (Å²) < 4.78 is 49.3. The number of phosphoric acid groups is 2. The van der Waals surface area contributed by atoms with Crippen molar-refractivity contribution >= 4 is 27.6 Å². The van der Waals surface area contributed by atoms with Crippen molar-refractivity contribution < 1.29 is 82.0 Å². The Morgan fingerprint density at radius 1 is 0.514 bits per heavy atom. The Kier molecular flexibility index (Phi) is 37.4. The van der Waals surface area contributed by atoms with Crippen molar-refractivity contribution in [2.45, 2.75) is 198 Å². The number of rotatable bonds is 40. The van der Waals surface area contributed by atoms with Gasteiger partial charge in [-0.3, -0.25) is 23.2 Å². The monoisotopic (exact) mass is 1030 g/mol. The van der Waals surface area contributed by atoms with Crippen molar-refractivity contribution in [3.8, 4) is 0 Å². The van der Waals surface area contributed by atoms with Gasteiger partial charge < -0.3 is 49.7 Å². The molecule has 1 saturated carbocycles. The molecule has 0 saturated heterocycles. The highest BCUT2D eigenvalue weighted by Crippen LogP contribution is 2.49. The van der Waals surface area contributed by atoms with E-state index >= 15 is 0 Å². The molecule has 0 aromatic carbocycles. The summed E-state index contributed by atoms with van der Waals surface area (Å²) in [5.74, 6) is -1.33. The van der Waals surface area contributed by atoms with E-state index in [2.05, 4.69) is 90.4 Å². The molecule has 400 valence electrons. The number of aliphatic hydroxyl groups is 5. The van der Waals surface area contributed by atoms with Crippen LogP contribution in [0.5, 0.6) is 0 Å². The van der Waals surface area contributed by atoms with E-state index in [-0.39, 0.29) is 18.9 Å². The van der Waals surface area contributed by atoms with Crippen LogP contribution in [-0.2, 0) is 41.8 Å². The lowest BCUT2D eigenvalue weighted by Crippen LogP contribution is -2.64. The molecule has 1 fully saturated rings. The Labute approximate surface area is 416 Å². The first kappa shape index (κ1) is 64.9. The first-order valence-electron chi connectivity index (χ1n) is 24.9. The van der Waals surface area contributed by atoms with Crippen LogP contribution in [0.1, 0.15) is 149 Å². The van der Waals surface area contributed by atoms with Gasteiger partial charge in [0.05, 0.1) is 12.7 Å². The van der Waals surface area contributed by atoms with Gasteiger partial charge in [-0.1, -0.05) is 130 Å². The van der Waals surface area contributed by atoms with Gasteiger partial charge in [0.1, 0.15) is 43.2 Å². The third-order valence-corrected chi connectivity index (χ3v) is 12.3. The standard InChI is InChI=1S/C51H84O17P2/c1-3-5-6-7-8-9-10-11-12-13-14-15-16-21-24-27-30-33-36-39-45(54)66-43(41-65-70(62,63)68-51-48(57)46(55)47(56)50(49(51)58)67-69(59,60)61)40-64-44(53)38-35-32-29-26-23-20-18-17-19-22-25-28-31-34-37-42(52)4-2/h8-9,11-12,14-15,18-22,24,26,28-29,31,42-43,46-52,55-58H,3-7,10,13,16-17,23,25,27,30,32-41H2,1-2H3,(H,62,63)(H2,59,60,61)/b9-8-,12-11-,15-14-,20-18-,22-19-,24-21-,29-26-,31-28-/t42-,43+,46?,47?,48?,49?,50+,51-/m0/s1. The molecule has 19 heteroatoms. The minimum Gasteiger partial charge on any atom is -0.462 e. The lowest BCUT2D eigenvalue weighted by molar-refractivity contribution is -0.216. The van der Waals surface area contributed by atoms with Gasteiger partial charge in [-0.2, -0.15) is 0 Å². The summed E-state index contributed by atoms with van der Waals surface area (Å²) in [4.78, 5) is 54.3. The van der Waals surface area contributed by atoms with Crippen LogP contribution in [0, 0.1) is 0 Å². The molecule has 17 nitrogen and oxygen atoms in total. The summed E-state index contributed by atoms with van der Waals surface area (Å²) in [6.45, 7) is 2.72. The highest BCUT2D eigenvalue weighted by Gasteiger charge is 2.54. The van der Waals surface area contributed by atoms with Gasteiger partial charge in [0.15, 0.2) is 6.10 Å². The molecule has 9 atom stereocenters. The van der Waals surface area contributed by atoms with Crippen molar-refractivity contribution in [1.29, 1.82) is 0 Å². The van der Waals surface area contributed by atoms with Crippen LogP contribution in [0.25, 0.3) is 0 Å². The summed E-state index contributed by atoms with van der Waals surface area (Å²) in [6.07, 6.45) is 34.4. The number of ether oxygens (including phenoxy) is 2. The number of carbonyl (C=O) groups excluding carboxylic acids is 2. The van der Waals surface area contributed by atoms with E-state index in [1.54, 1.807) is 0 Å². The van der Waals surface area contributed by atoms with Crippen LogP contribution in [0.4, 0.5) is 0 Å². The number of phosphoric ester groups is 2. The number of unbranched alkanes of at least 4 members (excludes halogenated alkanes) is 7. The zero-order chi connectivity index (χ0) is 51.9. The Balaban J connectivity index is 2.64. The Morgan fingerprint density at radius 2 is 0.957 bits per heavy atom. The second kappa shape index (κ2) is 40.4. The molecule has 5 unspecified atom stereocenters. The van der Waals surface area contributed by atoms with Crippen molar-refractivity contribution in [1.82, 2.24) is 0 Å². The fourth-order valence-electron chi connectivity index (χ4n) is 6.75. The van der Waals surface area contributed by atoms with Gasteiger partial charge in [-0.15, -0.1) is 0 Å². The summed E-state index contributed by atoms with van der Waals surface area (Å²) in [5, 5.41) is 50.9. The number of hydrogen-bond acceptors (Lipinski definition) is 14. The number of carbonyl (C=O) groups is 2. The topological polar surface area (TPSA) is 276 Å². The largest absolute Gasteiger partial charge is 0.472 e. The second-order valence-corrected chi connectivity index (χ2v) is 19.6. The molecular weight excluding hydrogens is 946 g/mol. The number of esters is 2. The van der Waals surface area contributed by atoms with Crippen LogP contribution in [-0.4, -0.2) is 114 Å². The normalized spacial score (nSPS) is 22.3. The zero-order valence-electron chi connectivity index (χ0n) is 41.3. The number of aliphatic hydroxyl groups excluding tert-OH is 5. The molecule has 0 aromatic heterocycles. The third-order valence-electron chi connectivity index (χ3n) is 10.8. The fraction of sp³-hybridized carbons (Fsp3) is 0.647. The van der Waals surface area contributed by atoms with Crippen molar-refractivity contribution in [2.75, 3.05) is 13.2 Å². The first-order valence-corrected chi connectivity index (χ1v) is 27.9. The molecule has 0 aromatic rings. The maximum absolute atomic E-state index is 13.0. The van der Waals surface area contributed by atoms with Gasteiger partial charge in [-0.25, -0.2) is 9.13 Å². The second-order valence-electron chi connectivity index (χ2n) is 17.0. The molecule has 0 bridgehead atoms. The van der Waals surface area contributed by atoms with Gasteiger partial charge in [-0.05, 0) is 103 Å². The van der Waals surface area contributed by atoms with Gasteiger partial charge in [0.25, 0.3) is 0 Å². The zero-order valence-corrected chi connectivity index (χ0v) is 43.1. The predicted octanol–water partition coefficient (Wildman–Crippen LogP) is 8.92. The van der Waals surface area contributed by atoms with Crippen molar-refractivity contribution in [2.24, 2.45) is 0 Å². The molecule has 0 spiro atoms. The molecule has 1 aliphatic carbocycles. The summed E-state index contributed by atoms with van der Waals surface area (Å²) in [6, 6.07) is 0. The highest BCUT2D eigenvalue weighted by atomic mass is 31.2. The van der Waals surface area contributed by atoms with E-state index in [1.807, 2.05) is 25.2 Å². The molecule has 0 aliphatic heterocycles. The van der Waals surface area contributed by atoms with Crippen LogP contribution in [0.15, 0.2) is 97.2 Å². The predicted molar refractivity (Wildman–Crippen MR) is 270 cm³/mol. The van der Waals surface area contributed by atoms with Gasteiger partial charge >= 0.3 is 27.6 Å². The molecule has 1 rings (SSSR count). The highest BCUT2D eigenvalue weighted by molar-refractivity contribution is 7.47. The lowest BCUT2D eigenvalue weighted by Gasteiger charge is -2.43. The van der Waals surface area contributed by atoms with E-state index in [0.717, 1.165) is 77.0 Å². The Hall–Kier alpha value is -3.12. The van der Waals surface area contributed by atoms with Gasteiger partial charge in [0, 0.05) is 12.8 Å². The molecule has 0 radical (unpaired) electrons. The Bertz CT molecular complexity index is 1730. The Morgan fingerprint density at radius 3 is 1.44 bits per heavy atom. The molecule has 1 aliphatic rings.